The second kappa shape index (κ2) is 30.5. The van der Waals surface area contributed by atoms with Gasteiger partial charge in [-0.2, -0.15) is 0 Å². The van der Waals surface area contributed by atoms with Gasteiger partial charge in [0, 0.05) is 110 Å². The molecule has 9 aliphatic rings. The van der Waals surface area contributed by atoms with Crippen molar-refractivity contribution in [2.75, 3.05) is 66.8 Å². The largest absolute Gasteiger partial charge is 0.507 e. The number of nitrogens with one attached hydrogen (secondary N) is 2. The number of aliphatic hydroxyl groups excluding tert-OH is 4. The molecule has 4 aliphatic heterocycles. The minimum atomic E-state index is -2.24. The summed E-state index contributed by atoms with van der Waals surface area (Å²) in [5.41, 5.74) is 4.61. The number of benzene rings is 4. The molecule has 35 heteroatoms. The van der Waals surface area contributed by atoms with Crippen molar-refractivity contribution in [3.63, 3.8) is 0 Å². The van der Waals surface area contributed by atoms with Gasteiger partial charge in [0.05, 0.1) is 97.4 Å². The molecule has 4 aromatic rings. The summed E-state index contributed by atoms with van der Waals surface area (Å²) in [5.74, 6) is -8.63. The van der Waals surface area contributed by atoms with Gasteiger partial charge in [0.25, 0.3) is 0 Å². The zero-order valence-electron chi connectivity index (χ0n) is 57.4. The van der Waals surface area contributed by atoms with Crippen molar-refractivity contribution >= 4 is 70.9 Å². The number of phenolic OH excluding ortho intramolecular Hbond substituents is 4. The van der Waals surface area contributed by atoms with E-state index in [0.717, 1.165) is 0 Å². The highest BCUT2D eigenvalue weighted by atomic mass is 35.5. The Kier molecular flexibility index (Phi) is 22.7. The van der Waals surface area contributed by atoms with E-state index in [1.165, 1.54) is 50.6 Å². The van der Waals surface area contributed by atoms with Gasteiger partial charge in [-0.15, -0.1) is 12.4 Å². The molecule has 13 rings (SSSR count). The van der Waals surface area contributed by atoms with Crippen LogP contribution in [0.25, 0.3) is 0 Å². The third-order valence-corrected chi connectivity index (χ3v) is 19.5. The fourth-order valence-electron chi connectivity index (χ4n) is 14.1. The van der Waals surface area contributed by atoms with Gasteiger partial charge in [0.2, 0.25) is 23.1 Å². The number of phenols is 4. The molecule has 0 aromatic heterocycles. The summed E-state index contributed by atoms with van der Waals surface area (Å²) in [7, 11) is 2.64. The smallest absolute Gasteiger partial charge is 0.411 e. The number of aromatic hydroxyl groups is 4. The first-order valence-corrected chi connectivity index (χ1v) is 33.3. The average molecular weight is 1490 g/mol. The number of hydrogen-bond donors (Lipinski definition) is 14. The summed E-state index contributed by atoms with van der Waals surface area (Å²) in [5, 5.41) is 112. The zero-order chi connectivity index (χ0) is 75.6. The number of carbonyl (C=O) groups excluding carboxylic acids is 10. The number of alkyl carbamates (subject to hydrolysis) is 2. The maximum atomic E-state index is 13.6. The molecule has 16 N–H and O–H groups in total. The van der Waals surface area contributed by atoms with E-state index in [2.05, 4.69) is 10.6 Å². The number of nitrogens with zero attached hydrogens (tertiary/aromatic N) is 2. The molecule has 4 aromatic carbocycles. The number of ketones is 8. The highest BCUT2D eigenvalue weighted by molar-refractivity contribution is 6.33. The lowest BCUT2D eigenvalue weighted by Crippen LogP contribution is -2.53. The van der Waals surface area contributed by atoms with Crippen LogP contribution < -0.4 is 31.6 Å². The lowest BCUT2D eigenvalue weighted by Gasteiger charge is -2.42. The summed E-state index contributed by atoms with van der Waals surface area (Å²) in [6.45, 7) is 6.96. The maximum absolute atomic E-state index is 13.6. The molecule has 4 heterocycles. The summed E-state index contributed by atoms with van der Waals surface area (Å²) in [6.07, 6.45) is -11.9. The third kappa shape index (κ3) is 14.2. The highest BCUT2D eigenvalue weighted by Crippen LogP contribution is 2.55. The zero-order valence-corrected chi connectivity index (χ0v) is 58.2. The quantitative estimate of drug-likeness (QED) is 0.0347. The number of methoxy groups -OCH3 is 2. The normalized spacial score (nSPS) is 26.8. The molecule has 105 heavy (non-hydrogen) atoms. The van der Waals surface area contributed by atoms with Crippen molar-refractivity contribution in [2.24, 2.45) is 11.5 Å². The van der Waals surface area contributed by atoms with Crippen LogP contribution >= 0.6 is 12.4 Å². The molecule has 2 amide bonds. The first-order valence-electron chi connectivity index (χ1n) is 33.3. The fraction of sp³-hybridized carbons (Fsp3) is 0.457. The molecule has 0 radical (unpaired) electrons. The maximum Gasteiger partial charge on any atom is 0.411 e. The van der Waals surface area contributed by atoms with E-state index < -0.39 is 215 Å². The number of fused-ring (bicyclic) bond motifs is 6. The van der Waals surface area contributed by atoms with Crippen LogP contribution in [0.5, 0.6) is 34.5 Å². The second-order valence-electron chi connectivity index (χ2n) is 26.1. The monoisotopic (exact) mass is 1490 g/mol. The van der Waals surface area contributed by atoms with Gasteiger partial charge in [-0.1, -0.05) is 24.3 Å². The number of hydrogen-bond acceptors (Lipinski definition) is 32. The number of halogens is 1. The van der Waals surface area contributed by atoms with E-state index in [-0.39, 0.29) is 117 Å². The summed E-state index contributed by atoms with van der Waals surface area (Å²) in [4.78, 5) is 132. The number of rotatable bonds is 16. The summed E-state index contributed by atoms with van der Waals surface area (Å²) < 4.78 is 43.6. The number of Topliss-reactive ketones (excluding diaryl/α,β-unsaturated/α-hetero) is 4. The Morgan fingerprint density at radius 3 is 1.19 bits per heavy atom. The van der Waals surface area contributed by atoms with Crippen LogP contribution in [-0.2, 0) is 60.4 Å². The Hall–Kier alpha value is -9.53. The first-order chi connectivity index (χ1) is 49.3. The fourth-order valence-corrected chi connectivity index (χ4v) is 14.1. The minimum absolute atomic E-state index is 0. The molecule has 5 aliphatic carbocycles. The third-order valence-electron chi connectivity index (χ3n) is 19.5. The van der Waals surface area contributed by atoms with Crippen LogP contribution in [0.2, 0.25) is 0 Å². The first kappa shape index (κ1) is 78.1. The molecular formula is C70H79ClN6O28. The van der Waals surface area contributed by atoms with Crippen molar-refractivity contribution in [3.05, 3.63) is 126 Å². The van der Waals surface area contributed by atoms with Crippen LogP contribution in [0.3, 0.4) is 0 Å². The molecule has 4 saturated heterocycles. The molecule has 0 spiro atoms. The average Bonchev–Trinajstić information content (AvgIpc) is 1.25. The Labute approximate surface area is 603 Å². The van der Waals surface area contributed by atoms with E-state index in [1.54, 1.807) is 37.5 Å². The molecule has 4 unspecified atom stereocenters. The SMILES string of the molecule is CCOC(=O)NC1=C(N2CC2)C(=O)C(NC(=O)OCC)=C(N2CC2)C1=O.COc1cccc2c1C(=O)c1c(O)c3c(c(O)c1C2=O)C[C@@](O)(C(=O)CO)C[C@@H]3OC1CC(N)C(O)C(C)O1.COc1cccc2c1C(=O)c1c(O)c3c(c(O)c1C2=O)C[C@@](O)(C(=O)CO)C[C@@H]3O[C@H]1C[C@H](N)[C@H](O)[C@H](C)O1.Cl. The molecule has 0 saturated carbocycles. The number of carbonyl (C=O) groups is 10. The van der Waals surface area contributed by atoms with Gasteiger partial charge in [-0.25, -0.2) is 9.59 Å². The van der Waals surface area contributed by atoms with Crippen molar-refractivity contribution in [3.8, 4) is 34.5 Å². The predicted molar refractivity (Wildman–Crippen MR) is 358 cm³/mol. The molecule has 12 atom stereocenters. The minimum Gasteiger partial charge on any atom is -0.507 e. The van der Waals surface area contributed by atoms with Crippen molar-refractivity contribution in [1.82, 2.24) is 20.4 Å². The Morgan fingerprint density at radius 1 is 0.543 bits per heavy atom. The van der Waals surface area contributed by atoms with E-state index in [9.17, 15) is 99.0 Å². The van der Waals surface area contributed by atoms with Gasteiger partial charge >= 0.3 is 12.2 Å². The van der Waals surface area contributed by atoms with Gasteiger partial charge in [-0.3, -0.25) is 49.0 Å². The second-order valence-corrected chi connectivity index (χ2v) is 26.1. The highest BCUT2D eigenvalue weighted by Gasteiger charge is 2.54. The predicted octanol–water partition coefficient (Wildman–Crippen LogP) is 0.109. The lowest BCUT2D eigenvalue weighted by molar-refractivity contribution is -0.247. The summed E-state index contributed by atoms with van der Waals surface area (Å²) in [6, 6.07) is 7.27. The van der Waals surface area contributed by atoms with Crippen LogP contribution in [0.15, 0.2) is 59.2 Å². The Morgan fingerprint density at radius 2 is 0.886 bits per heavy atom. The Bertz CT molecular complexity index is 4070. The molecular weight excluding hydrogens is 1410 g/mol. The van der Waals surface area contributed by atoms with E-state index >= 15 is 0 Å². The van der Waals surface area contributed by atoms with Crippen LogP contribution in [-0.4, -0.2) is 246 Å². The molecule has 564 valence electrons. The van der Waals surface area contributed by atoms with Gasteiger partial charge < -0.3 is 110 Å². The number of nitrogens with two attached hydrogens (primary N) is 2. The van der Waals surface area contributed by atoms with E-state index in [1.807, 2.05) is 0 Å². The van der Waals surface area contributed by atoms with E-state index in [4.69, 9.17) is 49.4 Å². The van der Waals surface area contributed by atoms with Gasteiger partial charge in [0.1, 0.15) is 81.7 Å². The van der Waals surface area contributed by atoms with Crippen LogP contribution in [0, 0.1) is 0 Å². The van der Waals surface area contributed by atoms with Crippen molar-refractivity contribution in [1.29, 1.82) is 0 Å². The topological polar surface area (TPSA) is 529 Å². The van der Waals surface area contributed by atoms with E-state index in [0.29, 0.717) is 26.2 Å². The van der Waals surface area contributed by atoms with Gasteiger partial charge in [-0.05, 0) is 39.8 Å². The van der Waals surface area contributed by atoms with Gasteiger partial charge in [0.15, 0.2) is 35.7 Å². The number of aliphatic hydroxyl groups is 6. The molecule has 4 fully saturated rings. The standard InChI is InChI=1S/2C27H29NO11.C16H20N4O6.ClH/c2*1-10-22(31)13(28)6-17(38-10)39-15-8-27(36,16(30)9-29)7-12-19(15)26(35)21-20(24(12)33)23(32)11-4-3-5-14(37-2)18(11)25(21)34;1-3-25-15(23)17-9-11(19-5-6-19)14(22)10(18-16(24)26-4-2)12(13(9)21)20-7-8-20;/h2*3-5,10,13,15,17,22,29,31,33,35-36H,6-9,28H2,1-2H3;3-8H2,1-2H3,(H,17,23)(H,18,24);1H/t10?,13?,15-,17?,22?,27-;10-,13-,15-,17-,22+,27-;;/m00../s1. The van der Waals surface area contributed by atoms with Crippen LogP contribution in [0.4, 0.5) is 9.59 Å². The number of amides is 2. The molecule has 0 bridgehead atoms. The Balaban J connectivity index is 0.000000172. The van der Waals surface area contributed by atoms with Crippen molar-refractivity contribution < 1.29 is 137 Å². The van der Waals surface area contributed by atoms with Crippen LogP contribution in [0.1, 0.15) is 152 Å². The van der Waals surface area contributed by atoms with Crippen molar-refractivity contribution in [2.45, 2.75) is 139 Å². The summed E-state index contributed by atoms with van der Waals surface area (Å²) >= 11 is 0. The molecule has 34 nitrogen and oxygen atoms in total. The number of ether oxygens (including phenoxy) is 8. The lowest BCUT2D eigenvalue weighted by atomic mass is 9.72.